The van der Waals surface area contributed by atoms with Crippen LogP contribution < -0.4 is 10.6 Å². The van der Waals surface area contributed by atoms with Gasteiger partial charge in [0.1, 0.15) is 6.04 Å². The van der Waals surface area contributed by atoms with Gasteiger partial charge >= 0.3 is 12.0 Å². The van der Waals surface area contributed by atoms with Gasteiger partial charge in [-0.1, -0.05) is 46.0 Å². The number of hydrogen-bond donors (Lipinski definition) is 3. The molecule has 0 aromatic rings. The van der Waals surface area contributed by atoms with Crippen molar-refractivity contribution < 1.29 is 14.7 Å². The minimum Gasteiger partial charge on any atom is -0.480 e. The van der Waals surface area contributed by atoms with E-state index in [9.17, 15) is 14.7 Å². The van der Waals surface area contributed by atoms with Gasteiger partial charge in [-0.05, 0) is 24.7 Å². The van der Waals surface area contributed by atoms with E-state index in [1.807, 2.05) is 0 Å². The fourth-order valence-corrected chi connectivity index (χ4v) is 2.86. The molecule has 0 radical (unpaired) electrons. The van der Waals surface area contributed by atoms with Crippen molar-refractivity contribution in [1.82, 2.24) is 10.6 Å². The number of carboxylic acid groups (broad SMARTS) is 1. The molecule has 5 heteroatoms. The third-order valence-corrected chi connectivity index (χ3v) is 4.38. The molecule has 1 aliphatic rings. The molecule has 0 saturated heterocycles. The second kappa shape index (κ2) is 8.82. The fourth-order valence-electron chi connectivity index (χ4n) is 2.86. The van der Waals surface area contributed by atoms with Gasteiger partial charge in [-0.2, -0.15) is 0 Å². The third-order valence-electron chi connectivity index (χ3n) is 4.38. The Morgan fingerprint density at radius 3 is 2.25 bits per heavy atom. The van der Waals surface area contributed by atoms with Crippen LogP contribution >= 0.6 is 0 Å². The van der Waals surface area contributed by atoms with Gasteiger partial charge in [-0.15, -0.1) is 0 Å². The van der Waals surface area contributed by atoms with Gasteiger partial charge in [-0.25, -0.2) is 9.59 Å². The first-order valence-electron chi connectivity index (χ1n) is 7.85. The van der Waals surface area contributed by atoms with Gasteiger partial charge < -0.3 is 15.7 Å². The maximum absolute atomic E-state index is 11.9. The average Bonchev–Trinajstić information content (AvgIpc) is 2.46. The summed E-state index contributed by atoms with van der Waals surface area (Å²) in [5, 5.41) is 14.7. The highest BCUT2D eigenvalue weighted by Gasteiger charge is 2.30. The van der Waals surface area contributed by atoms with E-state index in [1.165, 1.54) is 6.42 Å². The molecule has 2 amide bonds. The van der Waals surface area contributed by atoms with Gasteiger partial charge in [0.25, 0.3) is 0 Å². The van der Waals surface area contributed by atoms with Crippen LogP contribution in [0.25, 0.3) is 0 Å². The predicted octanol–water partition coefficient (Wildman–Crippen LogP) is 2.76. The molecule has 5 nitrogen and oxygen atoms in total. The Morgan fingerprint density at radius 2 is 1.75 bits per heavy atom. The Balaban J connectivity index is 2.44. The van der Waals surface area contributed by atoms with Crippen LogP contribution in [-0.2, 0) is 4.79 Å². The van der Waals surface area contributed by atoms with Crippen molar-refractivity contribution in [3.63, 3.8) is 0 Å². The minimum atomic E-state index is -0.922. The Labute approximate surface area is 121 Å². The molecule has 116 valence electrons. The van der Waals surface area contributed by atoms with E-state index < -0.39 is 12.0 Å². The van der Waals surface area contributed by atoms with Crippen LogP contribution in [0, 0.1) is 11.8 Å². The van der Waals surface area contributed by atoms with E-state index in [-0.39, 0.29) is 11.9 Å². The van der Waals surface area contributed by atoms with Crippen LogP contribution in [0.3, 0.4) is 0 Å². The summed E-state index contributed by atoms with van der Waals surface area (Å²) >= 11 is 0. The first-order chi connectivity index (χ1) is 9.58. The molecular weight excluding hydrogens is 256 g/mol. The van der Waals surface area contributed by atoms with E-state index in [2.05, 4.69) is 24.5 Å². The number of carboxylic acids is 1. The van der Waals surface area contributed by atoms with Gasteiger partial charge in [0, 0.05) is 6.54 Å². The monoisotopic (exact) mass is 284 g/mol. The summed E-state index contributed by atoms with van der Waals surface area (Å²) in [7, 11) is 0. The van der Waals surface area contributed by atoms with Crippen molar-refractivity contribution >= 4 is 12.0 Å². The first-order valence-corrected chi connectivity index (χ1v) is 7.85. The number of rotatable bonds is 7. The molecule has 1 fully saturated rings. The number of amides is 2. The van der Waals surface area contributed by atoms with E-state index in [0.717, 1.165) is 38.5 Å². The van der Waals surface area contributed by atoms with E-state index in [0.29, 0.717) is 12.5 Å². The summed E-state index contributed by atoms with van der Waals surface area (Å²) in [4.78, 5) is 23.2. The highest BCUT2D eigenvalue weighted by molar-refractivity contribution is 5.82. The van der Waals surface area contributed by atoms with Crippen molar-refractivity contribution in [2.45, 2.75) is 64.8 Å². The minimum absolute atomic E-state index is 0.0696. The molecule has 0 aromatic carbocycles. The van der Waals surface area contributed by atoms with Crippen molar-refractivity contribution in [3.8, 4) is 0 Å². The normalized spacial score (nSPS) is 17.8. The van der Waals surface area contributed by atoms with Crippen LogP contribution in [0.1, 0.15) is 58.8 Å². The zero-order chi connectivity index (χ0) is 15.0. The highest BCUT2D eigenvalue weighted by Crippen LogP contribution is 2.26. The van der Waals surface area contributed by atoms with Crippen molar-refractivity contribution in [2.75, 3.05) is 6.54 Å². The summed E-state index contributed by atoms with van der Waals surface area (Å²) < 4.78 is 0. The molecule has 0 heterocycles. The van der Waals surface area contributed by atoms with Crippen LogP contribution in [-0.4, -0.2) is 29.7 Å². The molecule has 0 spiro atoms. The van der Waals surface area contributed by atoms with E-state index >= 15 is 0 Å². The first kappa shape index (κ1) is 16.8. The molecule has 1 aliphatic carbocycles. The maximum atomic E-state index is 11.9. The Morgan fingerprint density at radius 1 is 1.15 bits per heavy atom. The molecule has 0 aromatic heterocycles. The van der Waals surface area contributed by atoms with Gasteiger partial charge in [0.05, 0.1) is 0 Å². The van der Waals surface area contributed by atoms with Crippen LogP contribution in [0.4, 0.5) is 4.79 Å². The molecule has 1 rings (SSSR count). The molecule has 0 aliphatic heterocycles. The Kier molecular flexibility index (Phi) is 7.41. The molecule has 3 N–H and O–H groups in total. The number of aliphatic carboxylic acids is 1. The van der Waals surface area contributed by atoms with Gasteiger partial charge in [-0.3, -0.25) is 0 Å². The second-order valence-corrected chi connectivity index (χ2v) is 5.75. The predicted molar refractivity (Wildman–Crippen MR) is 78.6 cm³/mol. The quantitative estimate of drug-likeness (QED) is 0.672. The SMILES string of the molecule is CCC(CC)CNC(=O)NC(C(=O)O)C1CCCCC1. The summed E-state index contributed by atoms with van der Waals surface area (Å²) in [5.41, 5.74) is 0. The fraction of sp³-hybridized carbons (Fsp3) is 0.867. The summed E-state index contributed by atoms with van der Waals surface area (Å²) in [5.74, 6) is -0.395. The number of nitrogens with one attached hydrogen (secondary N) is 2. The van der Waals surface area contributed by atoms with Crippen LogP contribution in [0.15, 0.2) is 0 Å². The van der Waals surface area contributed by atoms with Gasteiger partial charge in [0.15, 0.2) is 0 Å². The smallest absolute Gasteiger partial charge is 0.326 e. The van der Waals surface area contributed by atoms with Crippen LogP contribution in [0.2, 0.25) is 0 Å². The number of carbonyl (C=O) groups excluding carboxylic acids is 1. The average molecular weight is 284 g/mol. The zero-order valence-corrected chi connectivity index (χ0v) is 12.7. The second-order valence-electron chi connectivity index (χ2n) is 5.75. The largest absolute Gasteiger partial charge is 0.480 e. The lowest BCUT2D eigenvalue weighted by molar-refractivity contribution is -0.141. The maximum Gasteiger partial charge on any atom is 0.326 e. The molecule has 20 heavy (non-hydrogen) atoms. The lowest BCUT2D eigenvalue weighted by Crippen LogP contribution is -2.50. The molecule has 1 atom stereocenters. The highest BCUT2D eigenvalue weighted by atomic mass is 16.4. The van der Waals surface area contributed by atoms with Crippen LogP contribution in [0.5, 0.6) is 0 Å². The lowest BCUT2D eigenvalue weighted by Gasteiger charge is -2.28. The summed E-state index contributed by atoms with van der Waals surface area (Å²) in [6, 6.07) is -1.10. The number of carbonyl (C=O) groups is 2. The van der Waals surface area contributed by atoms with Gasteiger partial charge in [0.2, 0.25) is 0 Å². The molecule has 1 saturated carbocycles. The van der Waals surface area contributed by atoms with Crippen molar-refractivity contribution in [2.24, 2.45) is 11.8 Å². The molecule has 1 unspecified atom stereocenters. The Hall–Kier alpha value is -1.26. The molecular formula is C15H28N2O3. The topological polar surface area (TPSA) is 78.4 Å². The standard InChI is InChI=1S/C15H28N2O3/c1-3-11(4-2)10-16-15(20)17-13(14(18)19)12-8-6-5-7-9-12/h11-13H,3-10H2,1-2H3,(H,18,19)(H2,16,17,20). The number of urea groups is 1. The van der Waals surface area contributed by atoms with E-state index in [1.54, 1.807) is 0 Å². The van der Waals surface area contributed by atoms with Crippen molar-refractivity contribution in [3.05, 3.63) is 0 Å². The lowest BCUT2D eigenvalue weighted by atomic mass is 9.84. The van der Waals surface area contributed by atoms with E-state index in [4.69, 9.17) is 0 Å². The Bertz CT molecular complexity index is 310. The van der Waals surface area contributed by atoms with Crippen molar-refractivity contribution in [1.29, 1.82) is 0 Å². The summed E-state index contributed by atoms with van der Waals surface area (Å²) in [6.45, 7) is 4.79. The molecule has 0 bridgehead atoms. The summed E-state index contributed by atoms with van der Waals surface area (Å²) in [6.07, 6.45) is 7.11. The number of hydrogen-bond acceptors (Lipinski definition) is 2. The zero-order valence-electron chi connectivity index (χ0n) is 12.7. The third kappa shape index (κ3) is 5.39.